The molecule has 1 heterocycles. The van der Waals surface area contributed by atoms with Crippen LogP contribution in [0.3, 0.4) is 0 Å². The lowest BCUT2D eigenvalue weighted by molar-refractivity contribution is -0.691. The van der Waals surface area contributed by atoms with Gasteiger partial charge in [-0.3, -0.25) is 9.36 Å². The Morgan fingerprint density at radius 3 is 2.71 bits per heavy atom. The average Bonchev–Trinajstić information content (AvgIpc) is 2.56. The zero-order valence-electron chi connectivity index (χ0n) is 14.1. The molecule has 5 heteroatoms. The molecule has 124 valence electrons. The molecule has 3 rings (SSSR count). The second kappa shape index (κ2) is 6.75. The van der Waals surface area contributed by atoms with Gasteiger partial charge in [-0.2, -0.15) is 0 Å². The summed E-state index contributed by atoms with van der Waals surface area (Å²) < 4.78 is 1.73. The van der Waals surface area contributed by atoms with E-state index in [1.165, 1.54) is 0 Å². The summed E-state index contributed by atoms with van der Waals surface area (Å²) in [5, 5.41) is 3.45. The van der Waals surface area contributed by atoms with E-state index < -0.39 is 0 Å². The maximum absolute atomic E-state index is 13.2. The Kier molecular flexibility index (Phi) is 4.69. The van der Waals surface area contributed by atoms with Crippen molar-refractivity contribution in [3.8, 4) is 5.69 Å². The number of nitrogens with two attached hydrogens (primary N) is 1. The summed E-state index contributed by atoms with van der Waals surface area (Å²) in [6.45, 7) is 7.04. The van der Waals surface area contributed by atoms with E-state index >= 15 is 0 Å². The van der Waals surface area contributed by atoms with Crippen LogP contribution < -0.4 is 10.9 Å². The summed E-state index contributed by atoms with van der Waals surface area (Å²) in [6, 6.07) is 13.1. The quantitative estimate of drug-likeness (QED) is 0.792. The van der Waals surface area contributed by atoms with E-state index in [1.807, 2.05) is 49.4 Å². The van der Waals surface area contributed by atoms with Crippen molar-refractivity contribution < 1.29 is 5.32 Å². The SMILES string of the molecule is CC[NH2+][C@@H](C)c1nc2ccccc2c(=O)n1-c1ccc(Cl)cc1C. The van der Waals surface area contributed by atoms with Gasteiger partial charge in [0.25, 0.3) is 5.56 Å². The average molecular weight is 343 g/mol. The number of fused-ring (bicyclic) bond motifs is 1. The fourth-order valence-corrected chi connectivity index (χ4v) is 3.24. The number of para-hydroxylation sites is 1. The molecule has 0 bridgehead atoms. The van der Waals surface area contributed by atoms with Gasteiger partial charge in [-0.05, 0) is 56.7 Å². The first-order valence-electron chi connectivity index (χ1n) is 8.14. The molecule has 0 saturated carbocycles. The Bertz CT molecular complexity index is 949. The van der Waals surface area contributed by atoms with Gasteiger partial charge in [0.15, 0.2) is 5.82 Å². The molecule has 24 heavy (non-hydrogen) atoms. The minimum atomic E-state index is -0.0441. The zero-order valence-corrected chi connectivity index (χ0v) is 14.8. The highest BCUT2D eigenvalue weighted by Crippen LogP contribution is 2.21. The van der Waals surface area contributed by atoms with Crippen LogP contribution in [0, 0.1) is 6.92 Å². The lowest BCUT2D eigenvalue weighted by Gasteiger charge is -2.18. The van der Waals surface area contributed by atoms with Crippen LogP contribution in [0.4, 0.5) is 0 Å². The van der Waals surface area contributed by atoms with Crippen LogP contribution in [-0.2, 0) is 0 Å². The second-order valence-corrected chi connectivity index (χ2v) is 6.43. The molecule has 0 radical (unpaired) electrons. The molecule has 0 aliphatic rings. The minimum Gasteiger partial charge on any atom is -0.338 e. The normalized spacial score (nSPS) is 12.5. The molecule has 2 aromatic carbocycles. The predicted molar refractivity (Wildman–Crippen MR) is 98.0 cm³/mol. The molecule has 0 spiro atoms. The molecular weight excluding hydrogens is 322 g/mol. The molecular formula is C19H21ClN3O+. The Balaban J connectivity index is 2.37. The van der Waals surface area contributed by atoms with E-state index in [2.05, 4.69) is 19.2 Å². The Morgan fingerprint density at radius 2 is 2.00 bits per heavy atom. The molecule has 1 atom stereocenters. The topological polar surface area (TPSA) is 51.5 Å². The van der Waals surface area contributed by atoms with Gasteiger partial charge in [0, 0.05) is 5.02 Å². The number of hydrogen-bond acceptors (Lipinski definition) is 2. The van der Waals surface area contributed by atoms with Crippen LogP contribution in [0.1, 0.15) is 31.3 Å². The fourth-order valence-electron chi connectivity index (χ4n) is 3.02. The summed E-state index contributed by atoms with van der Waals surface area (Å²) in [4.78, 5) is 18.0. The molecule has 2 N–H and O–H groups in total. The van der Waals surface area contributed by atoms with Gasteiger partial charge in [-0.25, -0.2) is 4.98 Å². The molecule has 0 amide bonds. The first-order chi connectivity index (χ1) is 11.5. The van der Waals surface area contributed by atoms with Crippen LogP contribution in [0.5, 0.6) is 0 Å². The number of halogens is 1. The highest BCUT2D eigenvalue weighted by Gasteiger charge is 2.20. The van der Waals surface area contributed by atoms with Crippen molar-refractivity contribution >= 4 is 22.5 Å². The summed E-state index contributed by atoms with van der Waals surface area (Å²) in [5.74, 6) is 0.756. The van der Waals surface area contributed by atoms with Crippen LogP contribution in [0.25, 0.3) is 16.6 Å². The first kappa shape index (κ1) is 16.7. The van der Waals surface area contributed by atoms with Gasteiger partial charge in [-0.1, -0.05) is 23.7 Å². The summed E-state index contributed by atoms with van der Waals surface area (Å²) in [5.41, 5.74) is 2.47. The van der Waals surface area contributed by atoms with Crippen LogP contribution in [0.15, 0.2) is 47.3 Å². The summed E-state index contributed by atoms with van der Waals surface area (Å²) >= 11 is 6.08. The van der Waals surface area contributed by atoms with E-state index in [4.69, 9.17) is 16.6 Å². The van der Waals surface area contributed by atoms with E-state index in [1.54, 1.807) is 4.57 Å². The van der Waals surface area contributed by atoms with Crippen molar-refractivity contribution in [3.63, 3.8) is 0 Å². The third kappa shape index (κ3) is 2.95. The van der Waals surface area contributed by atoms with Crippen molar-refractivity contribution in [2.75, 3.05) is 6.54 Å². The van der Waals surface area contributed by atoms with Crippen molar-refractivity contribution in [1.82, 2.24) is 9.55 Å². The molecule has 0 fully saturated rings. The molecule has 3 aromatic rings. The minimum absolute atomic E-state index is 0.0441. The third-order valence-corrected chi connectivity index (χ3v) is 4.43. The largest absolute Gasteiger partial charge is 0.338 e. The van der Waals surface area contributed by atoms with Gasteiger partial charge >= 0.3 is 0 Å². The predicted octanol–water partition coefficient (Wildman–Crippen LogP) is 2.99. The van der Waals surface area contributed by atoms with E-state index in [-0.39, 0.29) is 11.6 Å². The second-order valence-electron chi connectivity index (χ2n) is 5.99. The van der Waals surface area contributed by atoms with Crippen LogP contribution in [0.2, 0.25) is 5.02 Å². The molecule has 0 aliphatic carbocycles. The number of nitrogens with zero attached hydrogens (tertiary/aromatic N) is 2. The number of aryl methyl sites for hydroxylation is 1. The molecule has 4 nitrogen and oxygen atoms in total. The highest BCUT2D eigenvalue weighted by atomic mass is 35.5. The molecule has 0 saturated heterocycles. The van der Waals surface area contributed by atoms with Gasteiger partial charge < -0.3 is 5.32 Å². The van der Waals surface area contributed by atoms with Crippen molar-refractivity contribution in [3.05, 3.63) is 69.2 Å². The third-order valence-electron chi connectivity index (χ3n) is 4.20. The highest BCUT2D eigenvalue weighted by molar-refractivity contribution is 6.30. The number of aromatic nitrogens is 2. The van der Waals surface area contributed by atoms with Gasteiger partial charge in [0.2, 0.25) is 0 Å². The maximum atomic E-state index is 13.2. The first-order valence-corrected chi connectivity index (χ1v) is 8.52. The van der Waals surface area contributed by atoms with Gasteiger partial charge in [0.1, 0.15) is 6.04 Å². The van der Waals surface area contributed by atoms with Crippen molar-refractivity contribution in [2.45, 2.75) is 26.8 Å². The van der Waals surface area contributed by atoms with Crippen molar-refractivity contribution in [1.29, 1.82) is 0 Å². The Hall–Kier alpha value is -2.17. The number of rotatable bonds is 4. The fraction of sp³-hybridized carbons (Fsp3) is 0.263. The maximum Gasteiger partial charge on any atom is 0.266 e. The molecule has 0 unspecified atom stereocenters. The Labute approximate surface area is 146 Å². The van der Waals surface area contributed by atoms with E-state index in [0.29, 0.717) is 10.4 Å². The van der Waals surface area contributed by atoms with E-state index in [0.717, 1.165) is 29.1 Å². The zero-order chi connectivity index (χ0) is 17.3. The lowest BCUT2D eigenvalue weighted by atomic mass is 10.1. The molecule has 0 aliphatic heterocycles. The van der Waals surface area contributed by atoms with Crippen LogP contribution in [-0.4, -0.2) is 16.1 Å². The van der Waals surface area contributed by atoms with Gasteiger partial charge in [0.05, 0.1) is 23.1 Å². The summed E-state index contributed by atoms with van der Waals surface area (Å²) in [6.07, 6.45) is 0. The monoisotopic (exact) mass is 342 g/mol. The molecule has 1 aromatic heterocycles. The van der Waals surface area contributed by atoms with Crippen molar-refractivity contribution in [2.24, 2.45) is 0 Å². The smallest absolute Gasteiger partial charge is 0.266 e. The lowest BCUT2D eigenvalue weighted by Crippen LogP contribution is -2.84. The Morgan fingerprint density at radius 1 is 1.25 bits per heavy atom. The summed E-state index contributed by atoms with van der Waals surface area (Å²) in [7, 11) is 0. The van der Waals surface area contributed by atoms with E-state index in [9.17, 15) is 4.79 Å². The van der Waals surface area contributed by atoms with Crippen LogP contribution >= 0.6 is 11.6 Å². The van der Waals surface area contributed by atoms with Gasteiger partial charge in [-0.15, -0.1) is 0 Å². The number of hydrogen-bond donors (Lipinski definition) is 1. The number of benzene rings is 2. The standard InChI is InChI=1S/C19H20ClN3O/c1-4-21-13(3)18-22-16-8-6-5-7-15(16)19(24)23(18)17-10-9-14(20)11-12(17)2/h5-11,13,21H,4H2,1-3H3/p+1/t13-/m0/s1. The number of quaternary nitrogens is 1.